The first-order valence-corrected chi connectivity index (χ1v) is 8.50. The van der Waals surface area contributed by atoms with E-state index in [2.05, 4.69) is 15.5 Å². The van der Waals surface area contributed by atoms with E-state index in [1.54, 1.807) is 0 Å². The highest BCUT2D eigenvalue weighted by atomic mass is 35.5. The Hall–Kier alpha value is -1.75. The summed E-state index contributed by atoms with van der Waals surface area (Å²) in [6, 6.07) is 7.83. The molecule has 2 N–H and O–H groups in total. The average Bonchev–Trinajstić information content (AvgIpc) is 3.01. The maximum absolute atomic E-state index is 11.7. The second-order valence-electron chi connectivity index (χ2n) is 5.91. The summed E-state index contributed by atoms with van der Waals surface area (Å²) in [5.74, 6) is 0.234. The predicted molar refractivity (Wildman–Crippen MR) is 92.7 cm³/mol. The van der Waals surface area contributed by atoms with Crippen LogP contribution in [0.5, 0.6) is 0 Å². The second-order valence-corrected chi connectivity index (χ2v) is 6.34. The number of amides is 2. The molecule has 126 valence electrons. The molecule has 1 fully saturated rings. The van der Waals surface area contributed by atoms with E-state index in [1.165, 1.54) is 0 Å². The van der Waals surface area contributed by atoms with E-state index in [-0.39, 0.29) is 18.4 Å². The van der Waals surface area contributed by atoms with Crippen LogP contribution >= 0.6 is 11.6 Å². The third kappa shape index (κ3) is 5.75. The highest BCUT2D eigenvalue weighted by molar-refractivity contribution is 6.30. The van der Waals surface area contributed by atoms with E-state index in [9.17, 15) is 9.59 Å². The number of rotatable bonds is 7. The maximum Gasteiger partial charge on any atom is 0.239 e. The fourth-order valence-corrected chi connectivity index (χ4v) is 2.83. The van der Waals surface area contributed by atoms with Crippen LogP contribution in [0.25, 0.3) is 0 Å². The minimum Gasteiger partial charge on any atom is -0.371 e. The predicted octanol–water partition coefficient (Wildman–Crippen LogP) is 2.20. The van der Waals surface area contributed by atoms with Gasteiger partial charge in [-0.3, -0.25) is 9.59 Å². The summed E-state index contributed by atoms with van der Waals surface area (Å²) in [6.07, 6.45) is 2.30. The zero-order valence-corrected chi connectivity index (χ0v) is 14.2. The van der Waals surface area contributed by atoms with Gasteiger partial charge in [0.15, 0.2) is 0 Å². The SMILES string of the molecule is CCCC(=O)NCC(=O)NCC1CCN(c2ccc(Cl)cc2)C1. The molecule has 1 unspecified atom stereocenters. The molecule has 1 aromatic carbocycles. The normalized spacial score (nSPS) is 17.1. The number of halogens is 1. The van der Waals surface area contributed by atoms with E-state index in [4.69, 9.17) is 11.6 Å². The number of nitrogens with zero attached hydrogens (tertiary/aromatic N) is 1. The molecule has 5 nitrogen and oxygen atoms in total. The van der Waals surface area contributed by atoms with Gasteiger partial charge < -0.3 is 15.5 Å². The number of carbonyl (C=O) groups is 2. The average molecular weight is 338 g/mol. The Labute approximate surface area is 142 Å². The molecule has 1 heterocycles. The molecular weight excluding hydrogens is 314 g/mol. The van der Waals surface area contributed by atoms with Crippen molar-refractivity contribution in [3.8, 4) is 0 Å². The molecular formula is C17H24ClN3O2. The van der Waals surface area contributed by atoms with E-state index in [1.807, 2.05) is 31.2 Å². The van der Waals surface area contributed by atoms with E-state index >= 15 is 0 Å². The van der Waals surface area contributed by atoms with Gasteiger partial charge in [0, 0.05) is 36.8 Å². The third-order valence-corrected chi connectivity index (χ3v) is 4.24. The molecule has 0 saturated carbocycles. The molecule has 0 aliphatic carbocycles. The maximum atomic E-state index is 11.7. The van der Waals surface area contributed by atoms with Gasteiger partial charge in [-0.1, -0.05) is 18.5 Å². The van der Waals surface area contributed by atoms with Gasteiger partial charge in [-0.15, -0.1) is 0 Å². The standard InChI is InChI=1S/C17H24ClN3O2/c1-2-3-16(22)20-11-17(23)19-10-13-8-9-21(12-13)15-6-4-14(18)5-7-15/h4-7,13H,2-3,8-12H2,1H3,(H,19,23)(H,20,22). The van der Waals surface area contributed by atoms with Gasteiger partial charge in [0.25, 0.3) is 0 Å². The lowest BCUT2D eigenvalue weighted by molar-refractivity contribution is -0.126. The van der Waals surface area contributed by atoms with Gasteiger partial charge >= 0.3 is 0 Å². The number of carbonyl (C=O) groups excluding carboxylic acids is 2. The summed E-state index contributed by atoms with van der Waals surface area (Å²) in [6.45, 7) is 4.55. The molecule has 0 radical (unpaired) electrons. The summed E-state index contributed by atoms with van der Waals surface area (Å²) in [5, 5.41) is 6.26. The lowest BCUT2D eigenvalue weighted by Crippen LogP contribution is -2.39. The van der Waals surface area contributed by atoms with Crippen LogP contribution in [0.4, 0.5) is 5.69 Å². The van der Waals surface area contributed by atoms with Gasteiger partial charge in [-0.05, 0) is 43.0 Å². The quantitative estimate of drug-likeness (QED) is 0.802. The van der Waals surface area contributed by atoms with E-state index < -0.39 is 0 Å². The number of hydrogen-bond acceptors (Lipinski definition) is 3. The first-order valence-electron chi connectivity index (χ1n) is 8.12. The van der Waals surface area contributed by atoms with Crippen LogP contribution in [0.15, 0.2) is 24.3 Å². The monoisotopic (exact) mass is 337 g/mol. The Morgan fingerprint density at radius 1 is 1.22 bits per heavy atom. The van der Waals surface area contributed by atoms with Crippen molar-refractivity contribution in [3.63, 3.8) is 0 Å². The Morgan fingerprint density at radius 3 is 2.65 bits per heavy atom. The fourth-order valence-electron chi connectivity index (χ4n) is 2.70. The highest BCUT2D eigenvalue weighted by Gasteiger charge is 2.23. The first-order chi connectivity index (χ1) is 11.1. The second kappa shape index (κ2) is 8.77. The molecule has 0 aromatic heterocycles. The molecule has 1 aliphatic rings. The first kappa shape index (κ1) is 17.6. The van der Waals surface area contributed by atoms with Crippen LogP contribution in [0, 0.1) is 5.92 Å². The molecule has 0 bridgehead atoms. The van der Waals surface area contributed by atoms with Crippen molar-refractivity contribution in [2.24, 2.45) is 5.92 Å². The molecule has 1 aromatic rings. The summed E-state index contributed by atoms with van der Waals surface area (Å²) in [7, 11) is 0. The van der Waals surface area contributed by atoms with Crippen LogP contribution in [0.2, 0.25) is 5.02 Å². The van der Waals surface area contributed by atoms with Crippen molar-refractivity contribution >= 4 is 29.1 Å². The summed E-state index contributed by atoms with van der Waals surface area (Å²) in [5.41, 5.74) is 1.16. The zero-order chi connectivity index (χ0) is 16.7. The van der Waals surface area contributed by atoms with Crippen LogP contribution in [0.1, 0.15) is 26.2 Å². The van der Waals surface area contributed by atoms with Crippen LogP contribution < -0.4 is 15.5 Å². The van der Waals surface area contributed by atoms with Crippen LogP contribution in [0.3, 0.4) is 0 Å². The minimum absolute atomic E-state index is 0.0620. The molecule has 6 heteroatoms. The fraction of sp³-hybridized carbons (Fsp3) is 0.529. The van der Waals surface area contributed by atoms with E-state index in [0.29, 0.717) is 18.9 Å². The van der Waals surface area contributed by atoms with Crippen molar-refractivity contribution in [2.75, 3.05) is 31.1 Å². The molecule has 23 heavy (non-hydrogen) atoms. The minimum atomic E-state index is -0.126. The van der Waals surface area contributed by atoms with Crippen molar-refractivity contribution in [3.05, 3.63) is 29.3 Å². The Bertz CT molecular complexity index is 533. The van der Waals surface area contributed by atoms with Gasteiger partial charge in [0.1, 0.15) is 0 Å². The highest BCUT2D eigenvalue weighted by Crippen LogP contribution is 2.24. The van der Waals surface area contributed by atoms with Crippen LogP contribution in [-0.4, -0.2) is 38.0 Å². The Balaban J connectivity index is 1.68. The van der Waals surface area contributed by atoms with Gasteiger partial charge in [-0.25, -0.2) is 0 Å². The van der Waals surface area contributed by atoms with Crippen molar-refractivity contribution in [1.29, 1.82) is 0 Å². The van der Waals surface area contributed by atoms with Gasteiger partial charge in [0.05, 0.1) is 6.54 Å². The van der Waals surface area contributed by atoms with Crippen LogP contribution in [-0.2, 0) is 9.59 Å². The Kier molecular flexibility index (Phi) is 6.71. The molecule has 2 rings (SSSR count). The summed E-state index contributed by atoms with van der Waals surface area (Å²) < 4.78 is 0. The summed E-state index contributed by atoms with van der Waals surface area (Å²) in [4.78, 5) is 25.4. The van der Waals surface area contributed by atoms with Crippen molar-refractivity contribution < 1.29 is 9.59 Å². The summed E-state index contributed by atoms with van der Waals surface area (Å²) >= 11 is 5.91. The number of nitrogens with one attached hydrogen (secondary N) is 2. The van der Waals surface area contributed by atoms with Crippen molar-refractivity contribution in [1.82, 2.24) is 10.6 Å². The molecule has 1 atom stereocenters. The topological polar surface area (TPSA) is 61.4 Å². The van der Waals surface area contributed by atoms with E-state index in [0.717, 1.165) is 36.6 Å². The number of anilines is 1. The lowest BCUT2D eigenvalue weighted by Gasteiger charge is -2.19. The molecule has 0 spiro atoms. The lowest BCUT2D eigenvalue weighted by atomic mass is 10.1. The zero-order valence-electron chi connectivity index (χ0n) is 13.5. The Morgan fingerprint density at radius 2 is 1.96 bits per heavy atom. The van der Waals surface area contributed by atoms with Gasteiger partial charge in [-0.2, -0.15) is 0 Å². The van der Waals surface area contributed by atoms with Crippen molar-refractivity contribution in [2.45, 2.75) is 26.2 Å². The van der Waals surface area contributed by atoms with Gasteiger partial charge in [0.2, 0.25) is 11.8 Å². The number of hydrogen-bond donors (Lipinski definition) is 2. The number of benzene rings is 1. The third-order valence-electron chi connectivity index (χ3n) is 3.99. The molecule has 2 amide bonds. The molecule has 1 aliphatic heterocycles. The smallest absolute Gasteiger partial charge is 0.239 e. The molecule has 1 saturated heterocycles. The largest absolute Gasteiger partial charge is 0.371 e.